The second-order valence-electron chi connectivity index (χ2n) is 10.1. The number of anilines is 1. The molecule has 5 rings (SSSR count). The number of hydrogen-bond acceptors (Lipinski definition) is 3. The van der Waals surface area contributed by atoms with E-state index in [9.17, 15) is 14.0 Å². The Labute approximate surface area is 221 Å². The lowest BCUT2D eigenvalue weighted by Crippen LogP contribution is -2.51. The number of nitrogens with zero attached hydrogens (tertiary/aromatic N) is 3. The first-order valence-corrected chi connectivity index (χ1v) is 12.8. The average molecular weight is 512 g/mol. The van der Waals surface area contributed by atoms with Crippen molar-refractivity contribution in [3.8, 4) is 11.1 Å². The van der Waals surface area contributed by atoms with Crippen molar-refractivity contribution >= 4 is 35.0 Å². The molecule has 194 valence electrons. The molecule has 1 aromatic heterocycles. The normalized spacial score (nSPS) is 15.1. The van der Waals surface area contributed by atoms with Gasteiger partial charge in [0.2, 0.25) is 6.41 Å². The molecule has 6 nitrogen and oxygen atoms in total. The van der Waals surface area contributed by atoms with Crippen molar-refractivity contribution in [1.82, 2.24) is 9.78 Å². The van der Waals surface area contributed by atoms with Crippen molar-refractivity contribution in [2.75, 3.05) is 4.90 Å². The fourth-order valence-electron chi connectivity index (χ4n) is 5.70. The van der Waals surface area contributed by atoms with Gasteiger partial charge < -0.3 is 10.0 Å². The highest BCUT2D eigenvalue weighted by atomic mass is 19.1. The van der Waals surface area contributed by atoms with Crippen molar-refractivity contribution < 1.29 is 19.1 Å². The number of benzene rings is 3. The minimum Gasteiger partial charge on any atom is -0.478 e. The van der Waals surface area contributed by atoms with Crippen molar-refractivity contribution in [1.29, 1.82) is 0 Å². The molecule has 1 aliphatic rings. The van der Waals surface area contributed by atoms with E-state index in [0.29, 0.717) is 17.7 Å². The number of carboxylic acid groups (broad SMARTS) is 1. The third-order valence-corrected chi connectivity index (χ3v) is 7.57. The van der Waals surface area contributed by atoms with E-state index in [0.717, 1.165) is 72.2 Å². The lowest BCUT2D eigenvalue weighted by atomic mass is 9.76. The summed E-state index contributed by atoms with van der Waals surface area (Å²) in [5.41, 5.74) is 4.75. The summed E-state index contributed by atoms with van der Waals surface area (Å²) in [5.74, 6) is -1.63. The van der Waals surface area contributed by atoms with E-state index in [-0.39, 0.29) is 0 Å². The summed E-state index contributed by atoms with van der Waals surface area (Å²) < 4.78 is 16.4. The molecule has 0 bridgehead atoms. The Morgan fingerprint density at radius 2 is 1.79 bits per heavy atom. The standard InChI is InChI=1S/C31H30FN3O3/c1-34-29-11-10-25(17-26(29)20-33-34)24-8-5-22(6-9-24)19-31(13-3-2-4-14-31)35(21-36)28-16-23(7-12-30(37)38)15-27(32)18-28/h5-12,15-18,20-21H,2-4,13-14,19H2,1H3,(H,37,38)/b12-7+. The maximum absolute atomic E-state index is 14.5. The van der Waals surface area contributed by atoms with Gasteiger partial charge in [0.1, 0.15) is 5.82 Å². The molecule has 0 atom stereocenters. The lowest BCUT2D eigenvalue weighted by Gasteiger charge is -2.45. The highest BCUT2D eigenvalue weighted by molar-refractivity contribution is 5.86. The highest BCUT2D eigenvalue weighted by Gasteiger charge is 2.38. The molecule has 1 fully saturated rings. The Kier molecular flexibility index (Phi) is 7.09. The Hall–Kier alpha value is -4.26. The number of rotatable bonds is 8. The van der Waals surface area contributed by atoms with Crippen molar-refractivity contribution in [3.63, 3.8) is 0 Å². The van der Waals surface area contributed by atoms with Crippen LogP contribution in [0.3, 0.4) is 0 Å². The van der Waals surface area contributed by atoms with Gasteiger partial charge in [-0.1, -0.05) is 49.6 Å². The van der Waals surface area contributed by atoms with E-state index < -0.39 is 17.3 Å². The molecule has 1 amide bonds. The van der Waals surface area contributed by atoms with Crippen LogP contribution in [-0.2, 0) is 23.1 Å². The summed E-state index contributed by atoms with van der Waals surface area (Å²) in [6.07, 6.45) is 10.3. The first-order valence-electron chi connectivity index (χ1n) is 12.8. The van der Waals surface area contributed by atoms with Crippen LogP contribution < -0.4 is 4.90 Å². The molecule has 1 N–H and O–H groups in total. The molecule has 1 aliphatic carbocycles. The molecule has 0 unspecified atom stereocenters. The second-order valence-corrected chi connectivity index (χ2v) is 10.1. The molecular weight excluding hydrogens is 481 g/mol. The Morgan fingerprint density at radius 3 is 2.50 bits per heavy atom. The monoisotopic (exact) mass is 511 g/mol. The molecule has 3 aromatic carbocycles. The predicted molar refractivity (Wildman–Crippen MR) is 147 cm³/mol. The SMILES string of the molecule is Cn1ncc2cc(-c3ccc(CC4(N(C=O)c5cc(F)cc(/C=C/C(=O)O)c5)CCCCC4)cc3)ccc21. The number of hydrogen-bond donors (Lipinski definition) is 1. The first kappa shape index (κ1) is 25.4. The summed E-state index contributed by atoms with van der Waals surface area (Å²) >= 11 is 0. The molecule has 1 heterocycles. The number of carboxylic acids is 1. The molecule has 38 heavy (non-hydrogen) atoms. The smallest absolute Gasteiger partial charge is 0.328 e. The van der Waals surface area contributed by atoms with Crippen LogP contribution in [0.4, 0.5) is 10.1 Å². The van der Waals surface area contributed by atoms with Gasteiger partial charge in [0.15, 0.2) is 0 Å². The van der Waals surface area contributed by atoms with E-state index in [1.165, 1.54) is 18.2 Å². The van der Waals surface area contributed by atoms with Gasteiger partial charge >= 0.3 is 5.97 Å². The number of carbonyl (C=O) groups excluding carboxylic acids is 1. The largest absolute Gasteiger partial charge is 0.478 e. The predicted octanol–water partition coefficient (Wildman–Crippen LogP) is 6.39. The van der Waals surface area contributed by atoms with Crippen molar-refractivity contribution in [2.45, 2.75) is 44.1 Å². The summed E-state index contributed by atoms with van der Waals surface area (Å²) in [4.78, 5) is 25.1. The lowest BCUT2D eigenvalue weighted by molar-refractivity contribution is -0.131. The zero-order valence-corrected chi connectivity index (χ0v) is 21.3. The van der Waals surface area contributed by atoms with Gasteiger partial charge in [-0.25, -0.2) is 9.18 Å². The van der Waals surface area contributed by atoms with Gasteiger partial charge in [-0.05, 0) is 77.9 Å². The second kappa shape index (κ2) is 10.6. The van der Waals surface area contributed by atoms with Crippen LogP contribution in [0.5, 0.6) is 0 Å². The Bertz CT molecular complexity index is 1500. The molecule has 7 heteroatoms. The maximum atomic E-state index is 14.5. The number of aliphatic carboxylic acids is 1. The van der Waals surface area contributed by atoms with Gasteiger partial charge in [0.25, 0.3) is 0 Å². The van der Waals surface area contributed by atoms with E-state index in [4.69, 9.17) is 5.11 Å². The van der Waals surface area contributed by atoms with Crippen LogP contribution in [0.15, 0.2) is 72.9 Å². The number of aromatic nitrogens is 2. The number of amides is 1. The minimum absolute atomic E-state index is 0.398. The number of halogens is 1. The zero-order valence-electron chi connectivity index (χ0n) is 21.3. The van der Waals surface area contributed by atoms with E-state index in [1.54, 1.807) is 11.0 Å². The van der Waals surface area contributed by atoms with Crippen molar-refractivity contribution in [3.05, 3.63) is 89.9 Å². The summed E-state index contributed by atoms with van der Waals surface area (Å²) in [5, 5.41) is 14.4. The van der Waals surface area contributed by atoms with Crippen molar-refractivity contribution in [2.24, 2.45) is 7.05 Å². The summed E-state index contributed by atoms with van der Waals surface area (Å²) in [6.45, 7) is 0. The van der Waals surface area contributed by atoms with Crippen LogP contribution in [-0.4, -0.2) is 32.8 Å². The van der Waals surface area contributed by atoms with Crippen LogP contribution >= 0.6 is 0 Å². The molecule has 4 aromatic rings. The quantitative estimate of drug-likeness (QED) is 0.220. The zero-order chi connectivity index (χ0) is 26.7. The van der Waals surface area contributed by atoms with Gasteiger partial charge in [-0.15, -0.1) is 0 Å². The Balaban J connectivity index is 1.45. The van der Waals surface area contributed by atoms with Gasteiger partial charge in [-0.2, -0.15) is 5.10 Å². The third kappa shape index (κ3) is 5.23. The number of aryl methyl sites for hydroxylation is 1. The molecule has 1 saturated carbocycles. The summed E-state index contributed by atoms with van der Waals surface area (Å²) in [6, 6.07) is 19.0. The van der Waals surface area contributed by atoms with Crippen LogP contribution in [0.2, 0.25) is 0 Å². The van der Waals surface area contributed by atoms with E-state index >= 15 is 0 Å². The summed E-state index contributed by atoms with van der Waals surface area (Å²) in [7, 11) is 1.93. The van der Waals surface area contributed by atoms with Crippen LogP contribution in [0.25, 0.3) is 28.1 Å². The van der Waals surface area contributed by atoms with E-state index in [1.807, 2.05) is 17.9 Å². The maximum Gasteiger partial charge on any atom is 0.328 e. The van der Waals surface area contributed by atoms with E-state index in [2.05, 4.69) is 47.6 Å². The fourth-order valence-corrected chi connectivity index (χ4v) is 5.70. The van der Waals surface area contributed by atoms with Crippen LogP contribution in [0.1, 0.15) is 43.2 Å². The molecule has 0 radical (unpaired) electrons. The molecule has 0 spiro atoms. The number of fused-ring (bicyclic) bond motifs is 1. The fraction of sp³-hybridized carbons (Fsp3) is 0.258. The van der Waals surface area contributed by atoms with Gasteiger partial charge in [0.05, 0.1) is 17.3 Å². The topological polar surface area (TPSA) is 75.4 Å². The van der Waals surface area contributed by atoms with Gasteiger partial charge in [0, 0.05) is 24.2 Å². The number of carbonyl (C=O) groups is 2. The van der Waals surface area contributed by atoms with Gasteiger partial charge in [-0.3, -0.25) is 9.48 Å². The van der Waals surface area contributed by atoms with Crippen LogP contribution in [0, 0.1) is 5.82 Å². The first-order chi connectivity index (χ1) is 18.4. The average Bonchev–Trinajstić information content (AvgIpc) is 3.28. The third-order valence-electron chi connectivity index (χ3n) is 7.57. The minimum atomic E-state index is -1.12. The molecule has 0 aliphatic heterocycles. The highest BCUT2D eigenvalue weighted by Crippen LogP contribution is 2.39. The Morgan fingerprint density at radius 1 is 1.05 bits per heavy atom. The molecule has 0 saturated heterocycles. The molecular formula is C31H30FN3O3.